The first-order chi connectivity index (χ1) is 11.9. The van der Waals surface area contributed by atoms with Crippen LogP contribution in [0.2, 0.25) is 0 Å². The van der Waals surface area contributed by atoms with E-state index in [1.54, 1.807) is 0 Å². The van der Waals surface area contributed by atoms with Gasteiger partial charge in [-0.2, -0.15) is 0 Å². The molecule has 0 bridgehead atoms. The number of nitrogens with one attached hydrogen (secondary N) is 1. The fraction of sp³-hybridized carbons (Fsp3) is 0.412. The van der Waals surface area contributed by atoms with Crippen molar-refractivity contribution in [1.82, 2.24) is 15.1 Å². The number of carbonyl (C=O) groups excluding carboxylic acids is 3. The molecule has 0 radical (unpaired) electrons. The van der Waals surface area contributed by atoms with Gasteiger partial charge in [-0.1, -0.05) is 24.3 Å². The minimum Gasteiger partial charge on any atom is -0.480 e. The fourth-order valence-electron chi connectivity index (χ4n) is 3.17. The van der Waals surface area contributed by atoms with Gasteiger partial charge in [-0.15, -0.1) is 0 Å². The van der Waals surface area contributed by atoms with E-state index in [0.717, 1.165) is 16.0 Å². The number of carboxylic acids is 1. The van der Waals surface area contributed by atoms with E-state index in [2.05, 4.69) is 5.32 Å². The highest BCUT2D eigenvalue weighted by Gasteiger charge is 2.46. The Balaban J connectivity index is 1.64. The number of amides is 4. The maximum Gasteiger partial charge on any atom is 0.327 e. The van der Waals surface area contributed by atoms with Gasteiger partial charge in [0.15, 0.2) is 0 Å². The Bertz CT molecular complexity index is 705. The van der Waals surface area contributed by atoms with Gasteiger partial charge in [0.1, 0.15) is 12.1 Å². The number of fused-ring (bicyclic) bond motifs is 2. The number of benzene rings is 1. The zero-order valence-corrected chi connectivity index (χ0v) is 13.8. The van der Waals surface area contributed by atoms with Crippen LogP contribution >= 0.6 is 0 Å². The number of hydrogen-bond acceptors (Lipinski definition) is 4. The Morgan fingerprint density at radius 3 is 2.64 bits per heavy atom. The monoisotopic (exact) mass is 345 g/mol. The largest absolute Gasteiger partial charge is 0.480 e. The number of rotatable bonds is 5. The Hall–Kier alpha value is -2.90. The molecule has 2 aliphatic rings. The summed E-state index contributed by atoms with van der Waals surface area (Å²) in [7, 11) is 0. The minimum atomic E-state index is -1.14. The lowest BCUT2D eigenvalue weighted by atomic mass is 9.95. The van der Waals surface area contributed by atoms with E-state index in [4.69, 9.17) is 5.11 Å². The van der Waals surface area contributed by atoms with Crippen molar-refractivity contribution in [2.75, 3.05) is 6.54 Å². The second-order valence-corrected chi connectivity index (χ2v) is 6.27. The average molecular weight is 345 g/mol. The summed E-state index contributed by atoms with van der Waals surface area (Å²) < 4.78 is 0. The molecule has 1 aromatic rings. The molecule has 132 valence electrons. The van der Waals surface area contributed by atoms with E-state index in [1.165, 1.54) is 11.8 Å². The molecule has 1 aromatic carbocycles. The molecule has 1 fully saturated rings. The molecule has 8 heteroatoms. The van der Waals surface area contributed by atoms with Gasteiger partial charge in [-0.3, -0.25) is 19.3 Å². The molecule has 25 heavy (non-hydrogen) atoms. The highest BCUT2D eigenvalue weighted by molar-refractivity contribution is 6.04. The van der Waals surface area contributed by atoms with E-state index >= 15 is 0 Å². The van der Waals surface area contributed by atoms with Gasteiger partial charge >= 0.3 is 12.0 Å². The number of nitrogens with zero attached hydrogens (tertiary/aromatic N) is 2. The van der Waals surface area contributed by atoms with Gasteiger partial charge in [0.25, 0.3) is 5.91 Å². The van der Waals surface area contributed by atoms with Crippen molar-refractivity contribution in [3.8, 4) is 0 Å². The molecular formula is C17H19N3O5. The summed E-state index contributed by atoms with van der Waals surface area (Å²) in [6.45, 7) is 1.67. The van der Waals surface area contributed by atoms with Gasteiger partial charge in [0, 0.05) is 25.9 Å². The van der Waals surface area contributed by atoms with Gasteiger partial charge in [-0.05, 0) is 18.1 Å². The third-order valence-electron chi connectivity index (χ3n) is 4.59. The zero-order valence-electron chi connectivity index (χ0n) is 13.8. The predicted molar refractivity (Wildman–Crippen MR) is 86.4 cm³/mol. The van der Waals surface area contributed by atoms with Crippen molar-refractivity contribution < 1.29 is 24.3 Å². The number of imide groups is 1. The SMILES string of the molecule is CC(NC(=O)CCN1C(=O)C2Cc3ccccc3CN2C1=O)C(=O)O. The van der Waals surface area contributed by atoms with E-state index < -0.39 is 30.0 Å². The Kier molecular flexibility index (Phi) is 4.43. The normalized spacial score (nSPS) is 20.1. The molecule has 4 amide bonds. The highest BCUT2D eigenvalue weighted by atomic mass is 16.4. The van der Waals surface area contributed by atoms with Crippen molar-refractivity contribution >= 4 is 23.8 Å². The lowest BCUT2D eigenvalue weighted by Gasteiger charge is -2.28. The molecule has 2 aliphatic heterocycles. The Morgan fingerprint density at radius 2 is 1.96 bits per heavy atom. The third-order valence-corrected chi connectivity index (χ3v) is 4.59. The number of urea groups is 1. The molecule has 8 nitrogen and oxygen atoms in total. The molecule has 1 saturated heterocycles. The maximum atomic E-state index is 12.5. The van der Waals surface area contributed by atoms with Crippen molar-refractivity contribution in [2.24, 2.45) is 0 Å². The van der Waals surface area contributed by atoms with Crippen LogP contribution in [0.5, 0.6) is 0 Å². The molecule has 0 saturated carbocycles. The maximum absolute atomic E-state index is 12.5. The van der Waals surface area contributed by atoms with Crippen LogP contribution in [0.25, 0.3) is 0 Å². The van der Waals surface area contributed by atoms with Crippen molar-refractivity contribution in [2.45, 2.75) is 38.4 Å². The standard InChI is InChI=1S/C17H19N3O5/c1-10(16(23)24)18-14(21)6-7-19-15(22)13-8-11-4-2-3-5-12(11)9-20(13)17(19)25/h2-5,10,13H,6-9H2,1H3,(H,18,21)(H,23,24). The Morgan fingerprint density at radius 1 is 1.28 bits per heavy atom. The summed E-state index contributed by atoms with van der Waals surface area (Å²) in [5, 5.41) is 11.1. The number of aliphatic carboxylic acids is 1. The van der Waals surface area contributed by atoms with Gasteiger partial charge in [-0.25, -0.2) is 4.79 Å². The van der Waals surface area contributed by atoms with E-state index in [1.807, 2.05) is 24.3 Å². The summed E-state index contributed by atoms with van der Waals surface area (Å²) in [5.41, 5.74) is 2.08. The number of carbonyl (C=O) groups is 4. The van der Waals surface area contributed by atoms with Gasteiger partial charge in [0.05, 0.1) is 0 Å². The Labute approximate surface area is 144 Å². The first-order valence-electron chi connectivity index (χ1n) is 8.09. The molecule has 2 N–H and O–H groups in total. The molecule has 2 heterocycles. The van der Waals surface area contributed by atoms with Crippen LogP contribution in [0.4, 0.5) is 4.79 Å². The number of carboxylic acid groups (broad SMARTS) is 1. The predicted octanol–water partition coefficient (Wildman–Crippen LogP) is 0.355. The quantitative estimate of drug-likeness (QED) is 0.749. The first-order valence-corrected chi connectivity index (χ1v) is 8.09. The van der Waals surface area contributed by atoms with Crippen molar-refractivity contribution in [3.05, 3.63) is 35.4 Å². The first kappa shape index (κ1) is 16.9. The molecule has 2 unspecified atom stereocenters. The average Bonchev–Trinajstić information content (AvgIpc) is 2.81. The minimum absolute atomic E-state index is 0.0564. The second kappa shape index (κ2) is 6.54. The van der Waals surface area contributed by atoms with Crippen LogP contribution < -0.4 is 5.32 Å². The molecule has 3 rings (SSSR count). The van der Waals surface area contributed by atoms with Gasteiger partial charge < -0.3 is 15.3 Å². The second-order valence-electron chi connectivity index (χ2n) is 6.27. The molecule has 0 aliphatic carbocycles. The molecule has 0 aromatic heterocycles. The lowest BCUT2D eigenvalue weighted by Crippen LogP contribution is -2.41. The van der Waals surface area contributed by atoms with Crippen LogP contribution in [-0.4, -0.2) is 57.3 Å². The third kappa shape index (κ3) is 3.19. The zero-order chi connectivity index (χ0) is 18.1. The van der Waals surface area contributed by atoms with Crippen LogP contribution in [-0.2, 0) is 27.3 Å². The summed E-state index contributed by atoms with van der Waals surface area (Å²) in [5.74, 6) is -1.96. The summed E-state index contributed by atoms with van der Waals surface area (Å²) in [6.07, 6.45) is 0.349. The van der Waals surface area contributed by atoms with E-state index in [-0.39, 0.29) is 18.9 Å². The topological polar surface area (TPSA) is 107 Å². The smallest absolute Gasteiger partial charge is 0.327 e. The van der Waals surface area contributed by atoms with Crippen molar-refractivity contribution in [1.29, 1.82) is 0 Å². The highest BCUT2D eigenvalue weighted by Crippen LogP contribution is 2.29. The molecule has 2 atom stereocenters. The molecule has 0 spiro atoms. The summed E-state index contributed by atoms with van der Waals surface area (Å²) >= 11 is 0. The van der Waals surface area contributed by atoms with Crippen LogP contribution in [0.3, 0.4) is 0 Å². The summed E-state index contributed by atoms with van der Waals surface area (Å²) in [6, 6.07) is 5.75. The summed E-state index contributed by atoms with van der Waals surface area (Å²) in [4.78, 5) is 50.2. The lowest BCUT2D eigenvalue weighted by molar-refractivity contribution is -0.141. The van der Waals surface area contributed by atoms with Crippen molar-refractivity contribution in [3.63, 3.8) is 0 Å². The van der Waals surface area contributed by atoms with Gasteiger partial charge in [0.2, 0.25) is 5.91 Å². The number of hydrogen-bond donors (Lipinski definition) is 2. The van der Waals surface area contributed by atoms with Crippen LogP contribution in [0.1, 0.15) is 24.5 Å². The van der Waals surface area contributed by atoms with Crippen LogP contribution in [0.15, 0.2) is 24.3 Å². The fourth-order valence-corrected chi connectivity index (χ4v) is 3.17. The molecular weight excluding hydrogens is 326 g/mol. The van der Waals surface area contributed by atoms with E-state index in [0.29, 0.717) is 13.0 Å². The van der Waals surface area contributed by atoms with Crippen LogP contribution in [0, 0.1) is 0 Å². The van der Waals surface area contributed by atoms with E-state index in [9.17, 15) is 19.2 Å².